The number of thiazole rings is 1. The molecule has 168 valence electrons. The molecule has 0 amide bonds. The Hall–Kier alpha value is -3.19. The van der Waals surface area contributed by atoms with Crippen LogP contribution < -0.4 is 0 Å². The van der Waals surface area contributed by atoms with Gasteiger partial charge in [0.2, 0.25) is 6.04 Å². The summed E-state index contributed by atoms with van der Waals surface area (Å²) in [5.41, 5.74) is 4.77. The predicted octanol–water partition coefficient (Wildman–Crippen LogP) is 5.31. The number of rotatable bonds is 7. The van der Waals surface area contributed by atoms with Gasteiger partial charge in [-0.1, -0.05) is 55.5 Å². The van der Waals surface area contributed by atoms with Crippen molar-refractivity contribution >= 4 is 23.1 Å². The van der Waals surface area contributed by atoms with E-state index in [0.717, 1.165) is 6.42 Å². The molecule has 7 heteroatoms. The van der Waals surface area contributed by atoms with E-state index in [9.17, 15) is 14.5 Å². The molecule has 0 fully saturated rings. The molecule has 1 aromatic heterocycles. The number of nitroso groups, excluding NO2 is 1. The Morgan fingerprint density at radius 1 is 1.12 bits per heavy atom. The fourth-order valence-corrected chi connectivity index (χ4v) is 6.36. The molecule has 3 aromatic rings. The monoisotopic (exact) mass is 460 g/mol. The number of esters is 1. The second-order valence-corrected chi connectivity index (χ2v) is 9.83. The molecular weight excluding hydrogens is 436 g/mol. The maximum absolute atomic E-state index is 13.8. The number of benzene rings is 2. The first-order chi connectivity index (χ1) is 16.0. The Bertz CT molecular complexity index is 1200. The van der Waals surface area contributed by atoms with Crippen molar-refractivity contribution in [2.75, 3.05) is 6.61 Å². The zero-order valence-electron chi connectivity index (χ0n) is 18.5. The fourth-order valence-electron chi connectivity index (χ4n) is 5.55. The molecule has 33 heavy (non-hydrogen) atoms. The number of carbonyl (C=O) groups is 2. The minimum atomic E-state index is -1.30. The van der Waals surface area contributed by atoms with Gasteiger partial charge in [0.25, 0.3) is 0 Å². The molecule has 6 rings (SSSR count). The molecule has 6 nitrogen and oxygen atoms in total. The van der Waals surface area contributed by atoms with E-state index in [4.69, 9.17) is 4.74 Å². The normalized spacial score (nSPS) is 23.3. The number of hydrogen-bond acceptors (Lipinski definition) is 7. The lowest BCUT2D eigenvalue weighted by molar-refractivity contribution is -0.144. The fraction of sp³-hybridized carbons (Fsp3) is 0.346. The molecule has 2 bridgehead atoms. The first-order valence-corrected chi connectivity index (χ1v) is 12.0. The van der Waals surface area contributed by atoms with Crippen LogP contribution in [0.5, 0.6) is 0 Å². The standard InChI is InChI=1S/C26H24N2O4S/c1-3-32-25(30)24(28-31)20-14-33-22(27-20)12-21(29)26(2)13-19-15-8-4-6-10-17(15)23(26)18-11-7-5-9-16(18)19/h4-11,14,19,23-24H,3,12-13H2,1-2H3. The van der Waals surface area contributed by atoms with Crippen LogP contribution in [-0.4, -0.2) is 23.3 Å². The molecular formula is C26H24N2O4S. The molecule has 1 heterocycles. The number of hydrogen-bond donors (Lipinski definition) is 0. The topological polar surface area (TPSA) is 85.7 Å². The highest BCUT2D eigenvalue weighted by molar-refractivity contribution is 7.09. The van der Waals surface area contributed by atoms with Crippen molar-refractivity contribution in [3.8, 4) is 0 Å². The van der Waals surface area contributed by atoms with Crippen molar-refractivity contribution in [3.63, 3.8) is 0 Å². The van der Waals surface area contributed by atoms with Crippen molar-refractivity contribution in [2.45, 2.75) is 44.6 Å². The quantitative estimate of drug-likeness (QED) is 0.352. The highest BCUT2D eigenvalue weighted by Gasteiger charge is 2.53. The van der Waals surface area contributed by atoms with Gasteiger partial charge in [-0.2, -0.15) is 0 Å². The van der Waals surface area contributed by atoms with Gasteiger partial charge in [0.05, 0.1) is 18.7 Å². The second kappa shape index (κ2) is 8.30. The molecule has 0 saturated carbocycles. The van der Waals surface area contributed by atoms with Crippen LogP contribution in [0, 0.1) is 10.3 Å². The van der Waals surface area contributed by atoms with Crippen LogP contribution in [0.2, 0.25) is 0 Å². The summed E-state index contributed by atoms with van der Waals surface area (Å²) in [5, 5.41) is 5.09. The van der Waals surface area contributed by atoms with E-state index in [-0.39, 0.29) is 36.3 Å². The third-order valence-corrected chi connectivity index (χ3v) is 7.91. The van der Waals surface area contributed by atoms with Gasteiger partial charge < -0.3 is 4.74 Å². The summed E-state index contributed by atoms with van der Waals surface area (Å²) in [6, 6.07) is 15.6. The third kappa shape index (κ3) is 3.42. The van der Waals surface area contributed by atoms with Crippen LogP contribution in [0.25, 0.3) is 0 Å². The summed E-state index contributed by atoms with van der Waals surface area (Å²) in [5.74, 6) is -0.420. The molecule has 3 aliphatic carbocycles. The summed E-state index contributed by atoms with van der Waals surface area (Å²) in [6.07, 6.45) is 0.910. The molecule has 0 N–H and O–H groups in total. The SMILES string of the molecule is CCOC(=O)C(N=O)c1csc(CC(=O)C2(C)CC3c4ccccc4C2c2ccccc23)n1. The summed E-state index contributed by atoms with van der Waals surface area (Å²) in [4.78, 5) is 41.4. The summed E-state index contributed by atoms with van der Waals surface area (Å²) >= 11 is 1.27. The minimum Gasteiger partial charge on any atom is -0.464 e. The molecule has 0 radical (unpaired) electrons. The van der Waals surface area contributed by atoms with Crippen LogP contribution in [-0.2, 0) is 20.7 Å². The van der Waals surface area contributed by atoms with Crippen LogP contribution in [0.1, 0.15) is 71.1 Å². The van der Waals surface area contributed by atoms with Crippen LogP contribution >= 0.6 is 11.3 Å². The van der Waals surface area contributed by atoms with Gasteiger partial charge in [0.15, 0.2) is 0 Å². The van der Waals surface area contributed by atoms with E-state index in [2.05, 4.69) is 53.5 Å². The summed E-state index contributed by atoms with van der Waals surface area (Å²) < 4.78 is 4.92. The average molecular weight is 461 g/mol. The largest absolute Gasteiger partial charge is 0.464 e. The van der Waals surface area contributed by atoms with Gasteiger partial charge in [0, 0.05) is 22.6 Å². The van der Waals surface area contributed by atoms with E-state index in [1.54, 1.807) is 12.3 Å². The van der Waals surface area contributed by atoms with Crippen molar-refractivity contribution < 1.29 is 14.3 Å². The Balaban J connectivity index is 1.45. The Morgan fingerprint density at radius 3 is 2.30 bits per heavy atom. The number of aromatic nitrogens is 1. The molecule has 2 aromatic carbocycles. The zero-order chi connectivity index (χ0) is 23.2. The smallest absolute Gasteiger partial charge is 0.340 e. The van der Waals surface area contributed by atoms with Crippen molar-refractivity contribution in [2.24, 2.45) is 10.6 Å². The van der Waals surface area contributed by atoms with E-state index in [1.165, 1.54) is 33.6 Å². The van der Waals surface area contributed by atoms with Gasteiger partial charge in [0.1, 0.15) is 10.8 Å². The number of carbonyl (C=O) groups excluding carboxylic acids is 2. The first kappa shape index (κ1) is 21.6. The highest BCUT2D eigenvalue weighted by atomic mass is 32.1. The number of ether oxygens (including phenoxy) is 1. The maximum atomic E-state index is 13.8. The Labute approximate surface area is 196 Å². The number of fused-ring (bicyclic) bond motifs is 1. The minimum absolute atomic E-state index is 0.00856. The van der Waals surface area contributed by atoms with Crippen molar-refractivity contribution in [1.82, 2.24) is 4.98 Å². The lowest BCUT2D eigenvalue weighted by Gasteiger charge is -2.51. The van der Waals surface area contributed by atoms with Crippen LogP contribution in [0.15, 0.2) is 59.1 Å². The van der Waals surface area contributed by atoms with Gasteiger partial charge in [-0.3, -0.25) is 4.79 Å². The van der Waals surface area contributed by atoms with Crippen LogP contribution in [0.3, 0.4) is 0 Å². The average Bonchev–Trinajstić information content (AvgIpc) is 3.28. The molecule has 3 aliphatic rings. The highest BCUT2D eigenvalue weighted by Crippen LogP contribution is 2.61. The Kier molecular flexibility index (Phi) is 5.44. The lowest BCUT2D eigenvalue weighted by atomic mass is 9.51. The molecule has 0 saturated heterocycles. The number of Topliss-reactive ketones (excluding diaryl/α,β-unsaturated/α-hetero) is 1. The van der Waals surface area contributed by atoms with Gasteiger partial charge >= 0.3 is 5.97 Å². The predicted molar refractivity (Wildman–Crippen MR) is 125 cm³/mol. The molecule has 0 spiro atoms. The second-order valence-electron chi connectivity index (χ2n) is 8.89. The zero-order valence-corrected chi connectivity index (χ0v) is 19.3. The third-order valence-electron chi connectivity index (χ3n) is 7.04. The van der Waals surface area contributed by atoms with E-state index in [0.29, 0.717) is 5.01 Å². The van der Waals surface area contributed by atoms with Gasteiger partial charge in [-0.25, -0.2) is 9.78 Å². The van der Waals surface area contributed by atoms with Crippen molar-refractivity contribution in [1.29, 1.82) is 0 Å². The van der Waals surface area contributed by atoms with E-state index in [1.807, 2.05) is 12.1 Å². The van der Waals surface area contributed by atoms with E-state index >= 15 is 0 Å². The van der Waals surface area contributed by atoms with Crippen LogP contribution in [0.4, 0.5) is 0 Å². The first-order valence-electron chi connectivity index (χ1n) is 11.1. The number of ketones is 1. The van der Waals surface area contributed by atoms with Gasteiger partial charge in [-0.15, -0.1) is 16.2 Å². The Morgan fingerprint density at radius 2 is 1.73 bits per heavy atom. The van der Waals surface area contributed by atoms with E-state index < -0.39 is 17.4 Å². The molecule has 2 unspecified atom stereocenters. The maximum Gasteiger partial charge on any atom is 0.340 e. The molecule has 0 aliphatic heterocycles. The lowest BCUT2D eigenvalue weighted by Crippen LogP contribution is -2.45. The van der Waals surface area contributed by atoms with Gasteiger partial charge in [-0.05, 0) is 40.8 Å². The molecule has 2 atom stereocenters. The summed E-state index contributed by atoms with van der Waals surface area (Å²) in [7, 11) is 0. The van der Waals surface area contributed by atoms with Crippen molar-refractivity contribution in [3.05, 3.63) is 91.8 Å². The number of nitrogens with zero attached hydrogens (tertiary/aromatic N) is 2. The summed E-state index contributed by atoms with van der Waals surface area (Å²) in [6.45, 7) is 3.89.